The first-order chi connectivity index (χ1) is 21.9. The zero-order valence-corrected chi connectivity index (χ0v) is 26.6. The third-order valence-corrected chi connectivity index (χ3v) is 9.15. The molecule has 1 atom stereocenters. The highest BCUT2D eigenvalue weighted by Gasteiger charge is 2.36. The van der Waals surface area contributed by atoms with Crippen LogP contribution in [-0.4, -0.2) is 35.6 Å². The van der Waals surface area contributed by atoms with E-state index in [1.807, 2.05) is 118 Å². The predicted octanol–water partition coefficient (Wildman–Crippen LogP) is 5.84. The third kappa shape index (κ3) is 5.69. The second-order valence-corrected chi connectivity index (χ2v) is 11.8. The first-order valence-corrected chi connectivity index (χ1v) is 15.9. The fourth-order valence-corrected chi connectivity index (χ4v) is 6.93. The molecular formula is C37H35N3O4S. The van der Waals surface area contributed by atoms with E-state index in [9.17, 15) is 9.59 Å². The van der Waals surface area contributed by atoms with Crippen LogP contribution < -0.4 is 24.4 Å². The van der Waals surface area contributed by atoms with Crippen LogP contribution in [-0.2, 0) is 11.4 Å². The molecule has 6 rings (SSSR count). The SMILES string of the molecule is CCN(CC)C(=O)C1=C(C)N=c2s/c(=C/c3ccccc3OCc3ccccc3)c(=O)n2[C@H]1c1c(OC)ccc2ccccc12. The van der Waals surface area contributed by atoms with Crippen molar-refractivity contribution in [1.82, 2.24) is 9.47 Å². The van der Waals surface area contributed by atoms with E-state index in [0.29, 0.717) is 51.8 Å². The second-order valence-electron chi connectivity index (χ2n) is 10.8. The van der Waals surface area contributed by atoms with Crippen LogP contribution in [0.15, 0.2) is 112 Å². The van der Waals surface area contributed by atoms with Crippen LogP contribution in [0, 0.1) is 0 Å². The van der Waals surface area contributed by atoms with Crippen LogP contribution in [0.25, 0.3) is 16.8 Å². The zero-order chi connectivity index (χ0) is 31.5. The molecule has 45 heavy (non-hydrogen) atoms. The van der Waals surface area contributed by atoms with Gasteiger partial charge < -0.3 is 14.4 Å². The molecule has 0 radical (unpaired) electrons. The number of carbonyl (C=O) groups is 1. The van der Waals surface area contributed by atoms with Crippen molar-refractivity contribution in [3.8, 4) is 11.5 Å². The number of methoxy groups -OCH3 is 1. The Labute approximate surface area is 266 Å². The van der Waals surface area contributed by atoms with E-state index in [1.165, 1.54) is 11.3 Å². The summed E-state index contributed by atoms with van der Waals surface area (Å²) in [6.45, 7) is 7.25. The Bertz CT molecular complexity index is 2090. The smallest absolute Gasteiger partial charge is 0.271 e. The number of carbonyl (C=O) groups excluding carboxylic acids is 1. The van der Waals surface area contributed by atoms with Crippen molar-refractivity contribution in [2.75, 3.05) is 20.2 Å². The topological polar surface area (TPSA) is 73.1 Å². The Kier molecular flexibility index (Phi) is 8.67. The minimum atomic E-state index is -0.734. The largest absolute Gasteiger partial charge is 0.496 e. The molecule has 0 saturated heterocycles. The van der Waals surface area contributed by atoms with Crippen LogP contribution >= 0.6 is 11.3 Å². The lowest BCUT2D eigenvalue weighted by Crippen LogP contribution is -2.43. The summed E-state index contributed by atoms with van der Waals surface area (Å²) >= 11 is 1.31. The minimum Gasteiger partial charge on any atom is -0.496 e. The summed E-state index contributed by atoms with van der Waals surface area (Å²) in [6, 6.07) is 28.8. The van der Waals surface area contributed by atoms with Crippen molar-refractivity contribution < 1.29 is 14.3 Å². The highest BCUT2D eigenvalue weighted by Crippen LogP contribution is 2.40. The number of amides is 1. The number of benzene rings is 4. The molecule has 8 heteroatoms. The average molecular weight is 618 g/mol. The molecule has 0 fully saturated rings. The molecule has 1 aliphatic heterocycles. The summed E-state index contributed by atoms with van der Waals surface area (Å²) in [6.07, 6.45) is 1.85. The van der Waals surface area contributed by atoms with E-state index in [-0.39, 0.29) is 11.5 Å². The van der Waals surface area contributed by atoms with Crippen LogP contribution in [0.5, 0.6) is 11.5 Å². The molecule has 1 amide bonds. The van der Waals surface area contributed by atoms with Gasteiger partial charge in [-0.25, -0.2) is 4.99 Å². The second kappa shape index (κ2) is 13.0. The van der Waals surface area contributed by atoms with Crippen molar-refractivity contribution in [2.45, 2.75) is 33.4 Å². The number of hydrogen-bond acceptors (Lipinski definition) is 6. The number of likely N-dealkylation sites (N-methyl/N-ethyl adjacent to an activating group) is 1. The van der Waals surface area contributed by atoms with Crippen molar-refractivity contribution >= 4 is 34.1 Å². The van der Waals surface area contributed by atoms with Crippen LogP contribution in [0.4, 0.5) is 0 Å². The normalized spacial score (nSPS) is 14.7. The average Bonchev–Trinajstić information content (AvgIpc) is 3.37. The Morgan fingerprint density at radius 3 is 2.40 bits per heavy atom. The molecule has 1 aromatic heterocycles. The molecule has 7 nitrogen and oxygen atoms in total. The van der Waals surface area contributed by atoms with E-state index in [4.69, 9.17) is 14.5 Å². The van der Waals surface area contributed by atoms with E-state index >= 15 is 0 Å². The first-order valence-electron chi connectivity index (χ1n) is 15.1. The maximum absolute atomic E-state index is 14.5. The van der Waals surface area contributed by atoms with Gasteiger partial charge in [0.25, 0.3) is 11.5 Å². The maximum Gasteiger partial charge on any atom is 0.271 e. The van der Waals surface area contributed by atoms with Crippen molar-refractivity contribution in [1.29, 1.82) is 0 Å². The summed E-state index contributed by atoms with van der Waals surface area (Å²) in [7, 11) is 1.62. The zero-order valence-electron chi connectivity index (χ0n) is 25.8. The van der Waals surface area contributed by atoms with E-state index < -0.39 is 6.04 Å². The quantitative estimate of drug-likeness (QED) is 0.208. The van der Waals surface area contributed by atoms with E-state index in [1.54, 1.807) is 16.6 Å². The first kappa shape index (κ1) is 30.1. The molecule has 0 saturated carbocycles. The van der Waals surface area contributed by atoms with Crippen LogP contribution in [0.1, 0.15) is 43.5 Å². The third-order valence-electron chi connectivity index (χ3n) is 8.17. The maximum atomic E-state index is 14.5. The van der Waals surface area contributed by atoms with Gasteiger partial charge in [-0.3, -0.25) is 14.2 Å². The van der Waals surface area contributed by atoms with Gasteiger partial charge in [-0.2, -0.15) is 0 Å². The van der Waals surface area contributed by atoms with Gasteiger partial charge >= 0.3 is 0 Å². The lowest BCUT2D eigenvalue weighted by atomic mass is 9.90. The molecule has 0 N–H and O–H groups in total. The van der Waals surface area contributed by atoms with Crippen LogP contribution in [0.3, 0.4) is 0 Å². The van der Waals surface area contributed by atoms with Crippen molar-refractivity contribution in [3.05, 3.63) is 139 Å². The van der Waals surface area contributed by atoms with Gasteiger partial charge in [-0.05, 0) is 55.3 Å². The number of aromatic nitrogens is 1. The standard InChI is InChI=1S/C37H35N3O4S/c1-5-39(6-2)36(42)32-24(3)38-37-40(34(32)33-28-18-12-10-16-26(28)20-21-30(33)43-4)35(41)31(45-37)22-27-17-11-13-19-29(27)44-23-25-14-8-7-9-15-25/h7-22,34H,5-6,23H2,1-4H3/b31-22+/t34-/m1/s1. The highest BCUT2D eigenvalue weighted by molar-refractivity contribution is 7.07. The lowest BCUT2D eigenvalue weighted by molar-refractivity contribution is -0.127. The number of nitrogens with zero attached hydrogens (tertiary/aromatic N) is 3. The van der Waals surface area contributed by atoms with Gasteiger partial charge in [0.15, 0.2) is 4.80 Å². The lowest BCUT2D eigenvalue weighted by Gasteiger charge is -2.30. The summed E-state index contributed by atoms with van der Waals surface area (Å²) in [5.41, 5.74) is 3.43. The monoisotopic (exact) mass is 617 g/mol. The molecule has 5 aromatic rings. The molecule has 0 bridgehead atoms. The number of para-hydroxylation sites is 1. The summed E-state index contributed by atoms with van der Waals surface area (Å²) in [4.78, 5) is 35.8. The van der Waals surface area contributed by atoms with Gasteiger partial charge in [0.2, 0.25) is 0 Å². The van der Waals surface area contributed by atoms with Crippen molar-refractivity contribution in [3.63, 3.8) is 0 Å². The molecule has 2 heterocycles. The fraction of sp³-hybridized carbons (Fsp3) is 0.216. The number of allylic oxidation sites excluding steroid dienone is 1. The number of hydrogen-bond donors (Lipinski definition) is 0. The van der Waals surface area contributed by atoms with E-state index in [0.717, 1.165) is 27.5 Å². The van der Waals surface area contributed by atoms with Crippen molar-refractivity contribution in [2.24, 2.45) is 4.99 Å². The number of rotatable bonds is 9. The number of thiazole rings is 1. The molecule has 228 valence electrons. The van der Waals surface area contributed by atoms with Gasteiger partial charge in [-0.15, -0.1) is 0 Å². The summed E-state index contributed by atoms with van der Waals surface area (Å²) in [5.74, 6) is 1.13. The van der Waals surface area contributed by atoms with Gasteiger partial charge in [0, 0.05) is 24.2 Å². The Morgan fingerprint density at radius 2 is 1.64 bits per heavy atom. The summed E-state index contributed by atoms with van der Waals surface area (Å²) in [5, 5.41) is 1.90. The Morgan fingerprint density at radius 1 is 0.933 bits per heavy atom. The number of fused-ring (bicyclic) bond motifs is 2. The van der Waals surface area contributed by atoms with E-state index in [2.05, 4.69) is 0 Å². The van der Waals surface area contributed by atoms with Gasteiger partial charge in [0.05, 0.1) is 22.9 Å². The fourth-order valence-electron chi connectivity index (χ4n) is 5.89. The molecular weight excluding hydrogens is 582 g/mol. The Balaban J connectivity index is 1.56. The summed E-state index contributed by atoms with van der Waals surface area (Å²) < 4.78 is 14.3. The molecule has 0 unspecified atom stereocenters. The molecule has 0 aliphatic carbocycles. The molecule has 4 aromatic carbocycles. The van der Waals surface area contributed by atoms with Gasteiger partial charge in [0.1, 0.15) is 24.1 Å². The number of ether oxygens (including phenoxy) is 2. The highest BCUT2D eigenvalue weighted by atomic mass is 32.1. The Hall–Kier alpha value is -4.95. The van der Waals surface area contributed by atoms with Gasteiger partial charge in [-0.1, -0.05) is 90.2 Å². The van der Waals surface area contributed by atoms with Crippen LogP contribution in [0.2, 0.25) is 0 Å². The molecule has 1 aliphatic rings. The predicted molar refractivity (Wildman–Crippen MR) is 179 cm³/mol. The molecule has 0 spiro atoms. The minimum absolute atomic E-state index is 0.143.